The minimum absolute atomic E-state index is 0.225. The number of carbonyl (C=O) groups is 1. The fourth-order valence-electron chi connectivity index (χ4n) is 1.08. The van der Waals surface area contributed by atoms with Gasteiger partial charge in [-0.25, -0.2) is 0 Å². The van der Waals surface area contributed by atoms with Crippen molar-refractivity contribution in [3.63, 3.8) is 0 Å². The third-order valence-corrected chi connectivity index (χ3v) is 1.97. The zero-order chi connectivity index (χ0) is 11.6. The van der Waals surface area contributed by atoms with E-state index in [-0.39, 0.29) is 5.69 Å². The van der Waals surface area contributed by atoms with E-state index in [2.05, 4.69) is 0 Å². The van der Waals surface area contributed by atoms with Crippen molar-refractivity contribution in [2.75, 3.05) is 11.9 Å². The first kappa shape index (κ1) is 11.6. The molecule has 1 aromatic rings. The van der Waals surface area contributed by atoms with Crippen LogP contribution in [0.5, 0.6) is 0 Å². The van der Waals surface area contributed by atoms with Gasteiger partial charge in [0.1, 0.15) is 0 Å². The Morgan fingerprint density at radius 1 is 1.20 bits per heavy atom. The Kier molecular flexibility index (Phi) is 3.02. The van der Waals surface area contributed by atoms with Crippen LogP contribution in [0.2, 0.25) is 0 Å². The third-order valence-electron chi connectivity index (χ3n) is 1.97. The molecule has 82 valence electrons. The van der Waals surface area contributed by atoms with E-state index in [1.165, 1.54) is 12.1 Å². The van der Waals surface area contributed by atoms with Gasteiger partial charge in [-0.1, -0.05) is 17.7 Å². The van der Waals surface area contributed by atoms with Crippen molar-refractivity contribution in [2.24, 2.45) is 0 Å². The summed E-state index contributed by atoms with van der Waals surface area (Å²) in [6, 6.07) is 6.24. The van der Waals surface area contributed by atoms with Crippen molar-refractivity contribution in [2.45, 2.75) is 13.1 Å². The summed E-state index contributed by atoms with van der Waals surface area (Å²) in [7, 11) is 1.10. The molecule has 0 saturated carbocycles. The van der Waals surface area contributed by atoms with Gasteiger partial charge >= 0.3 is 12.1 Å². The number of benzene rings is 1. The molecule has 0 unspecified atom stereocenters. The lowest BCUT2D eigenvalue weighted by atomic mass is 10.2. The molecule has 0 saturated heterocycles. The number of anilines is 1. The lowest BCUT2D eigenvalue weighted by Crippen LogP contribution is -2.38. The average Bonchev–Trinajstić information content (AvgIpc) is 2.15. The highest BCUT2D eigenvalue weighted by Crippen LogP contribution is 2.22. The summed E-state index contributed by atoms with van der Waals surface area (Å²) in [6.07, 6.45) is -4.83. The molecule has 1 aromatic carbocycles. The van der Waals surface area contributed by atoms with Crippen molar-refractivity contribution in [3.8, 4) is 0 Å². The van der Waals surface area contributed by atoms with Gasteiger partial charge < -0.3 is 4.90 Å². The number of amides is 1. The molecule has 0 aromatic heterocycles. The Morgan fingerprint density at radius 2 is 1.67 bits per heavy atom. The van der Waals surface area contributed by atoms with Crippen LogP contribution >= 0.6 is 0 Å². The van der Waals surface area contributed by atoms with Gasteiger partial charge in [-0.05, 0) is 19.1 Å². The first-order valence-electron chi connectivity index (χ1n) is 4.24. The maximum atomic E-state index is 12.1. The molecule has 5 heteroatoms. The monoisotopic (exact) mass is 217 g/mol. The predicted octanol–water partition coefficient (Wildman–Crippen LogP) is 2.52. The van der Waals surface area contributed by atoms with Crippen molar-refractivity contribution < 1.29 is 18.0 Å². The maximum absolute atomic E-state index is 12.1. The van der Waals surface area contributed by atoms with E-state index < -0.39 is 12.1 Å². The number of nitrogens with zero attached hydrogens (tertiary/aromatic N) is 1. The number of carbonyl (C=O) groups excluding carboxylic acids is 1. The Bertz CT molecular complexity index is 356. The van der Waals surface area contributed by atoms with Gasteiger partial charge in [0.15, 0.2) is 0 Å². The van der Waals surface area contributed by atoms with Crippen LogP contribution in [-0.2, 0) is 4.79 Å². The third kappa shape index (κ3) is 2.71. The molecule has 0 bridgehead atoms. The lowest BCUT2D eigenvalue weighted by molar-refractivity contribution is -0.170. The number of hydrogen-bond donors (Lipinski definition) is 0. The highest BCUT2D eigenvalue weighted by molar-refractivity contribution is 5.96. The van der Waals surface area contributed by atoms with Crippen LogP contribution in [0.25, 0.3) is 0 Å². The van der Waals surface area contributed by atoms with Gasteiger partial charge in [-0.2, -0.15) is 13.2 Å². The van der Waals surface area contributed by atoms with Gasteiger partial charge in [-0.15, -0.1) is 0 Å². The molecule has 0 aliphatic heterocycles. The zero-order valence-electron chi connectivity index (χ0n) is 8.30. The molecular weight excluding hydrogens is 207 g/mol. The average molecular weight is 217 g/mol. The van der Waals surface area contributed by atoms with E-state index in [9.17, 15) is 18.0 Å². The first-order valence-corrected chi connectivity index (χ1v) is 4.24. The van der Waals surface area contributed by atoms with Crippen molar-refractivity contribution in [1.82, 2.24) is 0 Å². The van der Waals surface area contributed by atoms with Crippen LogP contribution in [0.3, 0.4) is 0 Å². The molecule has 0 aliphatic rings. The molecule has 2 nitrogen and oxygen atoms in total. The van der Waals surface area contributed by atoms with Gasteiger partial charge in [0.2, 0.25) is 0 Å². The maximum Gasteiger partial charge on any atom is 0.471 e. The van der Waals surface area contributed by atoms with E-state index in [1.807, 2.05) is 6.92 Å². The van der Waals surface area contributed by atoms with Gasteiger partial charge in [0, 0.05) is 12.7 Å². The molecule has 0 radical (unpaired) electrons. The summed E-state index contributed by atoms with van der Waals surface area (Å²) < 4.78 is 36.2. The molecule has 0 fully saturated rings. The standard InChI is InChI=1S/C10H10F3NO/c1-7-3-5-8(6-4-7)14(2)9(15)10(11,12)13/h3-6H,1-2H3. The topological polar surface area (TPSA) is 20.3 Å². The minimum Gasteiger partial charge on any atom is -0.308 e. The van der Waals surface area contributed by atoms with Gasteiger partial charge in [0.25, 0.3) is 0 Å². The molecule has 1 amide bonds. The largest absolute Gasteiger partial charge is 0.471 e. The van der Waals surface area contributed by atoms with E-state index in [1.54, 1.807) is 12.1 Å². The summed E-state index contributed by atoms with van der Waals surface area (Å²) >= 11 is 0. The Balaban J connectivity index is 2.90. The molecule has 0 spiro atoms. The van der Waals surface area contributed by atoms with Crippen LogP contribution in [0.4, 0.5) is 18.9 Å². The summed E-state index contributed by atoms with van der Waals surface area (Å²) in [5.74, 6) is -1.87. The van der Waals surface area contributed by atoms with Gasteiger partial charge in [-0.3, -0.25) is 4.79 Å². The number of alkyl halides is 3. The normalized spacial score (nSPS) is 11.3. The van der Waals surface area contributed by atoms with Crippen molar-refractivity contribution >= 4 is 11.6 Å². The Labute approximate surface area is 85.3 Å². The van der Waals surface area contributed by atoms with Crippen molar-refractivity contribution in [3.05, 3.63) is 29.8 Å². The second kappa shape index (κ2) is 3.92. The number of hydrogen-bond acceptors (Lipinski definition) is 1. The van der Waals surface area contributed by atoms with Crippen LogP contribution in [0.15, 0.2) is 24.3 Å². The quantitative estimate of drug-likeness (QED) is 0.707. The fourth-order valence-corrected chi connectivity index (χ4v) is 1.08. The molecule has 0 atom stereocenters. The minimum atomic E-state index is -4.83. The molecule has 15 heavy (non-hydrogen) atoms. The van der Waals surface area contributed by atoms with E-state index >= 15 is 0 Å². The van der Waals surface area contributed by atoms with Gasteiger partial charge in [0.05, 0.1) is 0 Å². The van der Waals surface area contributed by atoms with E-state index in [4.69, 9.17) is 0 Å². The number of aryl methyl sites for hydroxylation is 1. The summed E-state index contributed by atoms with van der Waals surface area (Å²) in [5.41, 5.74) is 1.15. The van der Waals surface area contributed by atoms with Crippen molar-refractivity contribution in [1.29, 1.82) is 0 Å². The number of halogens is 3. The Hall–Kier alpha value is -1.52. The van der Waals surface area contributed by atoms with E-state index in [0.29, 0.717) is 4.90 Å². The van der Waals surface area contributed by atoms with E-state index in [0.717, 1.165) is 12.6 Å². The molecule has 0 aliphatic carbocycles. The highest BCUT2D eigenvalue weighted by Gasteiger charge is 2.41. The predicted molar refractivity (Wildman–Crippen MR) is 50.6 cm³/mol. The fraction of sp³-hybridized carbons (Fsp3) is 0.300. The second-order valence-electron chi connectivity index (χ2n) is 3.20. The lowest BCUT2D eigenvalue weighted by Gasteiger charge is -2.18. The smallest absolute Gasteiger partial charge is 0.308 e. The van der Waals surface area contributed by atoms with Crippen LogP contribution < -0.4 is 4.90 Å². The van der Waals surface area contributed by atoms with Crippen LogP contribution in [0, 0.1) is 6.92 Å². The highest BCUT2D eigenvalue weighted by atomic mass is 19.4. The molecule has 0 N–H and O–H groups in total. The second-order valence-corrected chi connectivity index (χ2v) is 3.20. The summed E-state index contributed by atoms with van der Waals surface area (Å²) in [5, 5.41) is 0. The molecule has 0 heterocycles. The number of rotatable bonds is 1. The van der Waals surface area contributed by atoms with Crippen LogP contribution in [0.1, 0.15) is 5.56 Å². The summed E-state index contributed by atoms with van der Waals surface area (Å²) in [6.45, 7) is 1.81. The molecule has 1 rings (SSSR count). The SMILES string of the molecule is Cc1ccc(N(C)C(=O)C(F)(F)F)cc1. The zero-order valence-corrected chi connectivity index (χ0v) is 8.30. The summed E-state index contributed by atoms with van der Waals surface area (Å²) in [4.78, 5) is 11.4. The first-order chi connectivity index (χ1) is 6.82. The van der Waals surface area contributed by atoms with Crippen LogP contribution in [-0.4, -0.2) is 19.1 Å². The molecular formula is C10H10F3NO. The Morgan fingerprint density at radius 3 is 2.07 bits per heavy atom.